The van der Waals surface area contributed by atoms with Crippen molar-refractivity contribution >= 4 is 0 Å². The molecule has 4 atom stereocenters. The zero-order chi connectivity index (χ0) is 20.8. The first-order valence-corrected chi connectivity index (χ1v) is 10.9. The van der Waals surface area contributed by atoms with E-state index in [9.17, 15) is 0 Å². The van der Waals surface area contributed by atoms with Crippen molar-refractivity contribution in [3.05, 3.63) is 48.5 Å². The van der Waals surface area contributed by atoms with Crippen molar-refractivity contribution < 1.29 is 18.9 Å². The molecule has 2 aromatic rings. The molecule has 6 heteroatoms. The van der Waals surface area contributed by atoms with Crippen LogP contribution in [0.2, 0.25) is 0 Å². The number of para-hydroxylation sites is 4. The summed E-state index contributed by atoms with van der Waals surface area (Å²) in [6, 6.07) is 16.1. The minimum atomic E-state index is 0.0318. The number of unbranched alkanes of at least 4 members (excludes halogenated alkanes) is 1. The Hall–Kier alpha value is -2.44. The molecule has 0 aliphatic carbocycles. The van der Waals surface area contributed by atoms with E-state index in [1.165, 1.54) is 0 Å². The highest BCUT2D eigenvalue weighted by Gasteiger charge is 2.26. The van der Waals surface area contributed by atoms with E-state index in [1.807, 2.05) is 48.5 Å². The third-order valence-electron chi connectivity index (χ3n) is 5.71. The molecule has 4 unspecified atom stereocenters. The van der Waals surface area contributed by atoms with Crippen LogP contribution in [0.15, 0.2) is 48.5 Å². The van der Waals surface area contributed by atoms with Gasteiger partial charge in [0.05, 0.1) is 0 Å². The van der Waals surface area contributed by atoms with Gasteiger partial charge in [0.25, 0.3) is 0 Å². The van der Waals surface area contributed by atoms with Gasteiger partial charge in [-0.1, -0.05) is 24.3 Å². The van der Waals surface area contributed by atoms with Gasteiger partial charge in [-0.15, -0.1) is 0 Å². The maximum atomic E-state index is 6.07. The molecular formula is C24H32N2O4. The van der Waals surface area contributed by atoms with Gasteiger partial charge in [0.2, 0.25) is 0 Å². The average molecular weight is 413 g/mol. The molecule has 2 aliphatic rings. The Morgan fingerprint density at radius 2 is 1.10 bits per heavy atom. The fourth-order valence-corrected chi connectivity index (χ4v) is 3.74. The molecule has 2 heterocycles. The van der Waals surface area contributed by atoms with Crippen LogP contribution in [0.4, 0.5) is 0 Å². The summed E-state index contributed by atoms with van der Waals surface area (Å²) < 4.78 is 23.8. The summed E-state index contributed by atoms with van der Waals surface area (Å²) >= 11 is 0. The van der Waals surface area contributed by atoms with Crippen LogP contribution in [0.1, 0.15) is 26.7 Å². The van der Waals surface area contributed by atoms with Crippen molar-refractivity contribution in [3.8, 4) is 23.0 Å². The van der Waals surface area contributed by atoms with Gasteiger partial charge in [-0.05, 0) is 64.0 Å². The van der Waals surface area contributed by atoms with Crippen molar-refractivity contribution in [2.45, 2.75) is 51.0 Å². The van der Waals surface area contributed by atoms with Crippen LogP contribution < -0.4 is 29.6 Å². The van der Waals surface area contributed by atoms with E-state index >= 15 is 0 Å². The van der Waals surface area contributed by atoms with Gasteiger partial charge in [0, 0.05) is 12.1 Å². The molecule has 0 radical (unpaired) electrons. The van der Waals surface area contributed by atoms with Crippen molar-refractivity contribution in [2.24, 2.45) is 0 Å². The van der Waals surface area contributed by atoms with Gasteiger partial charge in [-0.25, -0.2) is 0 Å². The molecule has 0 amide bonds. The zero-order valence-electron chi connectivity index (χ0n) is 17.8. The van der Waals surface area contributed by atoms with Gasteiger partial charge >= 0.3 is 0 Å². The van der Waals surface area contributed by atoms with Crippen molar-refractivity contribution in [1.82, 2.24) is 10.6 Å². The Balaban J connectivity index is 1.10. The fourth-order valence-electron chi connectivity index (χ4n) is 3.74. The molecule has 0 bridgehead atoms. The van der Waals surface area contributed by atoms with E-state index in [-0.39, 0.29) is 24.3 Å². The second kappa shape index (κ2) is 10.0. The second-order valence-electron chi connectivity index (χ2n) is 8.02. The summed E-state index contributed by atoms with van der Waals surface area (Å²) in [5.74, 6) is 3.32. The maximum absolute atomic E-state index is 6.07. The third kappa shape index (κ3) is 5.18. The minimum absolute atomic E-state index is 0.0318. The lowest BCUT2D eigenvalue weighted by atomic mass is 10.1. The van der Waals surface area contributed by atoms with Crippen LogP contribution >= 0.6 is 0 Å². The number of hydrogen-bond acceptors (Lipinski definition) is 6. The van der Waals surface area contributed by atoms with E-state index in [0.29, 0.717) is 13.2 Å². The molecule has 0 saturated carbocycles. The first kappa shape index (κ1) is 20.8. The second-order valence-corrected chi connectivity index (χ2v) is 8.02. The van der Waals surface area contributed by atoms with Gasteiger partial charge < -0.3 is 29.6 Å². The summed E-state index contributed by atoms with van der Waals surface area (Å²) in [6.45, 7) is 7.37. The monoisotopic (exact) mass is 412 g/mol. The first-order valence-electron chi connectivity index (χ1n) is 10.9. The van der Waals surface area contributed by atoms with E-state index in [4.69, 9.17) is 18.9 Å². The number of fused-ring (bicyclic) bond motifs is 2. The molecule has 2 aromatic carbocycles. The topological polar surface area (TPSA) is 61.0 Å². The van der Waals surface area contributed by atoms with Crippen LogP contribution in [0, 0.1) is 0 Å². The maximum Gasteiger partial charge on any atom is 0.161 e. The molecule has 0 fully saturated rings. The van der Waals surface area contributed by atoms with Crippen LogP contribution in [-0.2, 0) is 0 Å². The lowest BCUT2D eigenvalue weighted by Crippen LogP contribution is -2.47. The summed E-state index contributed by atoms with van der Waals surface area (Å²) in [6.07, 6.45) is 2.26. The zero-order valence-corrected chi connectivity index (χ0v) is 17.8. The SMILES string of the molecule is CC(NCCCCNC(C)C1COc2ccccc2O1)C1COc2ccccc2O1. The predicted octanol–water partition coefficient (Wildman–Crippen LogP) is 3.40. The quantitative estimate of drug-likeness (QED) is 0.616. The summed E-state index contributed by atoms with van der Waals surface area (Å²) in [5.41, 5.74) is 0. The normalized spacial score (nSPS) is 21.7. The standard InChI is InChI=1S/C24H32N2O4/c1-17(23-15-27-19-9-3-5-11-21(19)29-23)25-13-7-8-14-26-18(2)24-16-28-20-10-4-6-12-22(20)30-24/h3-6,9-12,17-18,23-26H,7-8,13-16H2,1-2H3. The Kier molecular flexibility index (Phi) is 6.97. The van der Waals surface area contributed by atoms with Gasteiger partial charge in [-0.3, -0.25) is 0 Å². The van der Waals surface area contributed by atoms with Crippen molar-refractivity contribution in [1.29, 1.82) is 0 Å². The number of rotatable bonds is 9. The number of nitrogens with one attached hydrogen (secondary N) is 2. The Labute approximate surface area is 178 Å². The highest BCUT2D eigenvalue weighted by molar-refractivity contribution is 5.41. The molecule has 6 nitrogen and oxygen atoms in total. The number of ether oxygens (including phenoxy) is 4. The average Bonchev–Trinajstić information content (AvgIpc) is 2.80. The molecule has 2 N–H and O–H groups in total. The largest absolute Gasteiger partial charge is 0.486 e. The van der Waals surface area contributed by atoms with E-state index in [2.05, 4.69) is 24.5 Å². The van der Waals surface area contributed by atoms with Crippen LogP contribution in [0.5, 0.6) is 23.0 Å². The molecule has 4 rings (SSSR count). The van der Waals surface area contributed by atoms with Gasteiger partial charge in [0.1, 0.15) is 25.4 Å². The Bertz CT molecular complexity index is 748. The molecular weight excluding hydrogens is 380 g/mol. The van der Waals surface area contributed by atoms with Gasteiger partial charge in [0.15, 0.2) is 23.0 Å². The molecule has 2 aliphatic heterocycles. The van der Waals surface area contributed by atoms with Crippen LogP contribution in [0.25, 0.3) is 0 Å². The van der Waals surface area contributed by atoms with Gasteiger partial charge in [-0.2, -0.15) is 0 Å². The smallest absolute Gasteiger partial charge is 0.161 e. The number of benzene rings is 2. The summed E-state index contributed by atoms with van der Waals surface area (Å²) in [5, 5.41) is 7.14. The van der Waals surface area contributed by atoms with E-state index in [0.717, 1.165) is 48.9 Å². The molecule has 30 heavy (non-hydrogen) atoms. The lowest BCUT2D eigenvalue weighted by molar-refractivity contribution is 0.0656. The predicted molar refractivity (Wildman–Crippen MR) is 117 cm³/mol. The molecule has 0 spiro atoms. The van der Waals surface area contributed by atoms with Crippen LogP contribution in [-0.4, -0.2) is 50.6 Å². The molecule has 0 aromatic heterocycles. The summed E-state index contributed by atoms with van der Waals surface area (Å²) in [4.78, 5) is 0. The van der Waals surface area contributed by atoms with Crippen molar-refractivity contribution in [2.75, 3.05) is 26.3 Å². The van der Waals surface area contributed by atoms with E-state index < -0.39 is 0 Å². The fraction of sp³-hybridized carbons (Fsp3) is 0.500. The third-order valence-corrected chi connectivity index (χ3v) is 5.71. The Morgan fingerprint density at radius 1 is 0.700 bits per heavy atom. The minimum Gasteiger partial charge on any atom is -0.486 e. The summed E-state index contributed by atoms with van der Waals surface area (Å²) in [7, 11) is 0. The lowest BCUT2D eigenvalue weighted by Gasteiger charge is -2.31. The molecule has 162 valence electrons. The Morgan fingerprint density at radius 3 is 1.53 bits per heavy atom. The first-order chi connectivity index (χ1) is 14.7. The molecule has 0 saturated heterocycles. The number of hydrogen-bond donors (Lipinski definition) is 2. The van der Waals surface area contributed by atoms with Crippen molar-refractivity contribution in [3.63, 3.8) is 0 Å². The van der Waals surface area contributed by atoms with E-state index in [1.54, 1.807) is 0 Å². The highest BCUT2D eigenvalue weighted by Crippen LogP contribution is 2.32. The highest BCUT2D eigenvalue weighted by atomic mass is 16.6. The van der Waals surface area contributed by atoms with Crippen LogP contribution in [0.3, 0.4) is 0 Å².